The van der Waals surface area contributed by atoms with Crippen molar-refractivity contribution in [2.75, 3.05) is 16.2 Å². The molecule has 0 aliphatic carbocycles. The molecule has 7 nitrogen and oxygen atoms in total. The van der Waals surface area contributed by atoms with E-state index >= 15 is 0 Å². The first-order valence-electron chi connectivity index (χ1n) is 9.69. The number of anilines is 2. The van der Waals surface area contributed by atoms with Gasteiger partial charge in [0.2, 0.25) is 0 Å². The number of rotatable bonds is 5. The Bertz CT molecular complexity index is 1290. The van der Waals surface area contributed by atoms with Gasteiger partial charge in [0.15, 0.2) is 6.10 Å². The highest BCUT2D eigenvalue weighted by atomic mass is 35.5. The van der Waals surface area contributed by atoms with Crippen LogP contribution >= 0.6 is 11.6 Å². The number of para-hydroxylation sites is 2. The molecule has 1 aliphatic heterocycles. The van der Waals surface area contributed by atoms with E-state index in [1.807, 2.05) is 0 Å². The van der Waals surface area contributed by atoms with Crippen LogP contribution in [0.3, 0.4) is 0 Å². The van der Waals surface area contributed by atoms with Gasteiger partial charge >= 0.3 is 0 Å². The lowest BCUT2D eigenvalue weighted by molar-refractivity contribution is -0.122. The fourth-order valence-corrected chi connectivity index (χ4v) is 4.92. The van der Waals surface area contributed by atoms with E-state index in [4.69, 9.17) is 21.6 Å². The Hall–Kier alpha value is -3.54. The summed E-state index contributed by atoms with van der Waals surface area (Å²) in [5.41, 5.74) is 1.70. The SMILES string of the molecule is N#CCc1ccc(NC(=O)C2CN(S(=O)(=O)c3ccc(Cl)cc3)c3ccccc3O2)cc1. The van der Waals surface area contributed by atoms with Crippen LogP contribution in [0, 0.1) is 11.3 Å². The van der Waals surface area contributed by atoms with Crippen molar-refractivity contribution >= 4 is 38.9 Å². The maximum absolute atomic E-state index is 13.4. The molecule has 0 fully saturated rings. The molecule has 1 aliphatic rings. The van der Waals surface area contributed by atoms with Gasteiger partial charge in [-0.15, -0.1) is 0 Å². The van der Waals surface area contributed by atoms with Gasteiger partial charge in [0.25, 0.3) is 15.9 Å². The molecule has 0 radical (unpaired) electrons. The van der Waals surface area contributed by atoms with E-state index in [1.165, 1.54) is 28.6 Å². The molecule has 0 saturated carbocycles. The minimum absolute atomic E-state index is 0.0610. The number of carbonyl (C=O) groups excluding carboxylic acids is 1. The third kappa shape index (κ3) is 4.40. The molecule has 1 heterocycles. The Morgan fingerprint density at radius 1 is 1.09 bits per heavy atom. The summed E-state index contributed by atoms with van der Waals surface area (Å²) >= 11 is 5.90. The molecule has 0 aromatic heterocycles. The third-order valence-corrected chi connectivity index (χ3v) is 6.98. The molecule has 1 amide bonds. The average molecular weight is 468 g/mol. The summed E-state index contributed by atoms with van der Waals surface area (Å²) in [5, 5.41) is 11.9. The van der Waals surface area contributed by atoms with E-state index in [9.17, 15) is 13.2 Å². The zero-order valence-electron chi connectivity index (χ0n) is 16.7. The molecular formula is C23H18ClN3O4S. The fraction of sp³-hybridized carbons (Fsp3) is 0.130. The highest BCUT2D eigenvalue weighted by Crippen LogP contribution is 2.37. The molecule has 4 rings (SSSR count). The largest absolute Gasteiger partial charge is 0.476 e. The summed E-state index contributed by atoms with van der Waals surface area (Å²) in [6.07, 6.45) is -0.792. The van der Waals surface area contributed by atoms with E-state index < -0.39 is 22.0 Å². The first-order chi connectivity index (χ1) is 15.4. The second-order valence-corrected chi connectivity index (χ2v) is 9.38. The van der Waals surface area contributed by atoms with Gasteiger partial charge < -0.3 is 10.1 Å². The molecule has 0 saturated heterocycles. The molecule has 0 spiro atoms. The van der Waals surface area contributed by atoms with E-state index in [2.05, 4.69) is 11.4 Å². The van der Waals surface area contributed by atoms with Crippen LogP contribution in [0.1, 0.15) is 5.56 Å². The zero-order valence-corrected chi connectivity index (χ0v) is 18.3. The Kier molecular flexibility index (Phi) is 6.04. The molecule has 32 heavy (non-hydrogen) atoms. The average Bonchev–Trinajstić information content (AvgIpc) is 2.80. The Morgan fingerprint density at radius 2 is 1.78 bits per heavy atom. The van der Waals surface area contributed by atoms with Gasteiger partial charge in [0, 0.05) is 10.7 Å². The van der Waals surface area contributed by atoms with Crippen molar-refractivity contribution in [1.29, 1.82) is 5.26 Å². The molecule has 3 aromatic rings. The predicted octanol–water partition coefficient (Wildman–Crippen LogP) is 4.00. The lowest BCUT2D eigenvalue weighted by Crippen LogP contribution is -2.48. The summed E-state index contributed by atoms with van der Waals surface area (Å²) < 4.78 is 33.7. The number of amides is 1. The van der Waals surface area contributed by atoms with Crippen LogP contribution in [0.2, 0.25) is 5.02 Å². The van der Waals surface area contributed by atoms with Crippen LogP contribution in [0.4, 0.5) is 11.4 Å². The van der Waals surface area contributed by atoms with Crippen LogP contribution in [0.15, 0.2) is 77.7 Å². The highest BCUT2D eigenvalue weighted by molar-refractivity contribution is 7.92. The van der Waals surface area contributed by atoms with E-state index in [0.29, 0.717) is 22.1 Å². The molecule has 162 valence electrons. The van der Waals surface area contributed by atoms with Gasteiger partial charge in [-0.25, -0.2) is 8.42 Å². The number of benzene rings is 3. The van der Waals surface area contributed by atoms with Crippen molar-refractivity contribution in [3.05, 3.63) is 83.4 Å². The second kappa shape index (κ2) is 8.91. The normalized spacial score (nSPS) is 15.2. The summed E-state index contributed by atoms with van der Waals surface area (Å²) in [7, 11) is -3.96. The molecule has 9 heteroatoms. The number of nitrogens with zero attached hydrogens (tertiary/aromatic N) is 2. The summed E-state index contributed by atoms with van der Waals surface area (Å²) in [6, 6.07) is 21.4. The predicted molar refractivity (Wildman–Crippen MR) is 121 cm³/mol. The quantitative estimate of drug-likeness (QED) is 0.611. The Morgan fingerprint density at radius 3 is 2.47 bits per heavy atom. The minimum Gasteiger partial charge on any atom is -0.476 e. The second-order valence-electron chi connectivity index (χ2n) is 7.09. The number of halogens is 1. The van der Waals surface area contributed by atoms with E-state index in [-0.39, 0.29) is 17.9 Å². The molecule has 1 N–H and O–H groups in total. The van der Waals surface area contributed by atoms with Crippen LogP contribution in [-0.4, -0.2) is 27.0 Å². The van der Waals surface area contributed by atoms with Crippen LogP contribution in [0.25, 0.3) is 0 Å². The van der Waals surface area contributed by atoms with Crippen LogP contribution in [-0.2, 0) is 21.2 Å². The van der Waals surface area contributed by atoms with Gasteiger partial charge in [-0.05, 0) is 54.1 Å². The van der Waals surface area contributed by atoms with Gasteiger partial charge in [-0.3, -0.25) is 9.10 Å². The van der Waals surface area contributed by atoms with Gasteiger partial charge in [-0.1, -0.05) is 35.9 Å². The van der Waals surface area contributed by atoms with Gasteiger partial charge in [-0.2, -0.15) is 5.26 Å². The van der Waals surface area contributed by atoms with E-state index in [1.54, 1.807) is 48.5 Å². The number of nitrogens with one attached hydrogen (secondary N) is 1. The monoisotopic (exact) mass is 467 g/mol. The van der Waals surface area contributed by atoms with Crippen molar-refractivity contribution in [2.24, 2.45) is 0 Å². The van der Waals surface area contributed by atoms with Crippen molar-refractivity contribution in [2.45, 2.75) is 17.4 Å². The van der Waals surface area contributed by atoms with Crippen molar-refractivity contribution < 1.29 is 17.9 Å². The standard InChI is InChI=1S/C23H18ClN3O4S/c24-17-7-11-19(12-8-17)32(29,30)27-15-22(31-21-4-2-1-3-20(21)27)23(28)26-18-9-5-16(6-10-18)13-14-25/h1-12,22H,13,15H2,(H,26,28). The lowest BCUT2D eigenvalue weighted by Gasteiger charge is -2.34. The number of sulfonamides is 1. The molecule has 0 bridgehead atoms. The fourth-order valence-electron chi connectivity index (χ4n) is 3.32. The van der Waals surface area contributed by atoms with Crippen molar-refractivity contribution in [1.82, 2.24) is 0 Å². The molecule has 1 unspecified atom stereocenters. The highest BCUT2D eigenvalue weighted by Gasteiger charge is 2.37. The summed E-state index contributed by atoms with van der Waals surface area (Å²) in [5.74, 6) is -0.190. The molecule has 3 aromatic carbocycles. The smallest absolute Gasteiger partial charge is 0.267 e. The number of hydrogen-bond donors (Lipinski definition) is 1. The number of fused-ring (bicyclic) bond motifs is 1. The van der Waals surface area contributed by atoms with Gasteiger partial charge in [0.1, 0.15) is 5.75 Å². The number of carbonyl (C=O) groups is 1. The number of nitriles is 1. The molecular weight excluding hydrogens is 450 g/mol. The van der Waals surface area contributed by atoms with Gasteiger partial charge in [0.05, 0.1) is 29.6 Å². The lowest BCUT2D eigenvalue weighted by atomic mass is 10.1. The Labute approximate surface area is 190 Å². The maximum Gasteiger partial charge on any atom is 0.267 e. The summed E-state index contributed by atoms with van der Waals surface area (Å²) in [6.45, 7) is -0.194. The van der Waals surface area contributed by atoms with Crippen LogP contribution in [0.5, 0.6) is 5.75 Å². The third-order valence-electron chi connectivity index (χ3n) is 4.93. The number of hydrogen-bond acceptors (Lipinski definition) is 5. The Balaban J connectivity index is 1.61. The first kappa shape index (κ1) is 21.7. The van der Waals surface area contributed by atoms with E-state index in [0.717, 1.165) is 5.56 Å². The van der Waals surface area contributed by atoms with Crippen molar-refractivity contribution in [3.63, 3.8) is 0 Å². The maximum atomic E-state index is 13.4. The number of ether oxygens (including phenoxy) is 1. The minimum atomic E-state index is -3.96. The zero-order chi connectivity index (χ0) is 22.7. The summed E-state index contributed by atoms with van der Waals surface area (Å²) in [4.78, 5) is 13.0. The topological polar surface area (TPSA) is 99.5 Å². The molecule has 1 atom stereocenters. The van der Waals surface area contributed by atoms with Crippen molar-refractivity contribution in [3.8, 4) is 11.8 Å². The van der Waals surface area contributed by atoms with Crippen LogP contribution < -0.4 is 14.4 Å². The first-order valence-corrected chi connectivity index (χ1v) is 11.5.